The monoisotopic (exact) mass is 1000 g/mol. The first-order chi connectivity index (χ1) is 32.7. The SMILES string of the molecule is CC(=O)CCC(CCC(C)=O)(CCC(C)=O)NC(=O)CCC(CCC(=O)NC(CCC(C)=O)(CCC(C)=O)CCC(C)=O)(CCC(=O)NC(CCC(C)=O)(CCC(C)=O)CCC(C)=O)NC(=O)C(C)(C)C. The number of Topliss-reactive ketones (excluding diaryl/α,β-unsaturated/α-hetero) is 9. The van der Waals surface area contributed by atoms with Crippen molar-refractivity contribution < 1.29 is 62.3 Å². The summed E-state index contributed by atoms with van der Waals surface area (Å²) in [5, 5.41) is 12.3. The molecule has 71 heavy (non-hydrogen) atoms. The summed E-state index contributed by atoms with van der Waals surface area (Å²) in [4.78, 5) is 168. The highest BCUT2D eigenvalue weighted by molar-refractivity contribution is 5.85. The molecular weight excluding hydrogens is 913 g/mol. The van der Waals surface area contributed by atoms with Crippen LogP contribution in [-0.4, -0.2) is 97.8 Å². The third-order valence-electron chi connectivity index (χ3n) is 13.4. The van der Waals surface area contributed by atoms with Gasteiger partial charge in [0.1, 0.15) is 52.0 Å². The maximum atomic E-state index is 14.3. The molecule has 0 saturated heterocycles. The molecule has 4 N–H and O–H groups in total. The van der Waals surface area contributed by atoms with Crippen molar-refractivity contribution >= 4 is 75.7 Å². The van der Waals surface area contributed by atoms with Crippen LogP contribution >= 0.6 is 0 Å². The second-order valence-electron chi connectivity index (χ2n) is 21.8. The van der Waals surface area contributed by atoms with E-state index in [0.717, 1.165) is 0 Å². The van der Waals surface area contributed by atoms with E-state index in [4.69, 9.17) is 0 Å². The zero-order valence-electron chi connectivity index (χ0n) is 45.3. The number of ketones is 9. The molecule has 4 amide bonds. The quantitative estimate of drug-likeness (QED) is 0.0477. The lowest BCUT2D eigenvalue weighted by Crippen LogP contribution is -2.55. The number of nitrogens with one attached hydrogen (secondary N) is 4. The Hall–Kier alpha value is -5.09. The van der Waals surface area contributed by atoms with Crippen LogP contribution in [0.5, 0.6) is 0 Å². The molecule has 0 fully saturated rings. The highest BCUT2D eigenvalue weighted by atomic mass is 16.2. The number of rotatable bonds is 40. The average Bonchev–Trinajstić information content (AvgIpc) is 3.25. The Bertz CT molecular complexity index is 1600. The fourth-order valence-electron chi connectivity index (χ4n) is 8.55. The third kappa shape index (κ3) is 29.8. The first kappa shape index (κ1) is 65.9. The van der Waals surface area contributed by atoms with Gasteiger partial charge in [0.15, 0.2) is 0 Å². The molecule has 0 atom stereocenters. The van der Waals surface area contributed by atoms with E-state index in [0.29, 0.717) is 0 Å². The molecule has 402 valence electrons. The number of carbonyl (C=O) groups is 13. The summed E-state index contributed by atoms with van der Waals surface area (Å²) in [6.07, 6.45) is 0.677. The van der Waals surface area contributed by atoms with Gasteiger partial charge in [-0.15, -0.1) is 0 Å². The van der Waals surface area contributed by atoms with E-state index >= 15 is 0 Å². The van der Waals surface area contributed by atoms with Crippen LogP contribution in [0.25, 0.3) is 0 Å². The van der Waals surface area contributed by atoms with Gasteiger partial charge in [-0.1, -0.05) is 20.8 Å². The standard InChI is InChI=1S/C54H88N4O13/c1-37(59)13-25-51(26-14-38(2)60,27-15-39(3)61)55-46(68)22-34-54(58-49(71)50(10,11)12,35-23-47(69)56-52(28-16-40(4)62,29-17-41(5)63)30-18-42(6)64)36-24-48(70)57-53(31-19-43(7)65,32-20-44(8)66)33-21-45(9)67/h13-36H2,1-12H3,(H,55,68)(H,56,69)(H,57,70)(H,58,71). The number of hydrogen-bond donors (Lipinski definition) is 4. The molecular formula is C54H88N4O13. The van der Waals surface area contributed by atoms with Crippen molar-refractivity contribution in [1.29, 1.82) is 0 Å². The molecule has 17 heteroatoms. The van der Waals surface area contributed by atoms with Gasteiger partial charge < -0.3 is 64.4 Å². The molecule has 0 saturated carbocycles. The minimum Gasteiger partial charge on any atom is -0.351 e. The molecule has 0 heterocycles. The lowest BCUT2D eigenvalue weighted by Gasteiger charge is -2.40. The van der Waals surface area contributed by atoms with Crippen molar-refractivity contribution in [2.45, 2.75) is 259 Å². The topological polar surface area (TPSA) is 270 Å². The Morgan fingerprint density at radius 1 is 0.239 bits per heavy atom. The molecule has 17 nitrogen and oxygen atoms in total. The first-order valence-corrected chi connectivity index (χ1v) is 25.4. The zero-order valence-corrected chi connectivity index (χ0v) is 45.3. The van der Waals surface area contributed by atoms with Crippen molar-refractivity contribution in [1.82, 2.24) is 21.3 Å². The van der Waals surface area contributed by atoms with Crippen molar-refractivity contribution in [3.63, 3.8) is 0 Å². The van der Waals surface area contributed by atoms with E-state index in [1.54, 1.807) is 20.8 Å². The van der Waals surface area contributed by atoms with Crippen LogP contribution in [0.1, 0.15) is 237 Å². The van der Waals surface area contributed by atoms with Crippen LogP contribution in [0.15, 0.2) is 0 Å². The minimum atomic E-state index is -1.46. The summed E-state index contributed by atoms with van der Waals surface area (Å²) in [6, 6.07) is 0. The van der Waals surface area contributed by atoms with Crippen molar-refractivity contribution in [3.8, 4) is 0 Å². The Morgan fingerprint density at radius 2 is 0.380 bits per heavy atom. The maximum absolute atomic E-state index is 14.3. The van der Waals surface area contributed by atoms with Gasteiger partial charge >= 0.3 is 0 Å². The summed E-state index contributed by atoms with van der Waals surface area (Å²) in [5.74, 6) is -3.47. The van der Waals surface area contributed by atoms with Crippen LogP contribution < -0.4 is 21.3 Å². The van der Waals surface area contributed by atoms with E-state index in [2.05, 4.69) is 21.3 Å². The van der Waals surface area contributed by atoms with Crippen molar-refractivity contribution in [2.24, 2.45) is 5.41 Å². The second kappa shape index (κ2) is 31.4. The first-order valence-electron chi connectivity index (χ1n) is 25.4. The third-order valence-corrected chi connectivity index (χ3v) is 13.4. The molecule has 0 aliphatic rings. The molecule has 0 aliphatic carbocycles. The molecule has 0 aromatic heterocycles. The molecule has 0 radical (unpaired) electrons. The largest absolute Gasteiger partial charge is 0.351 e. The van der Waals surface area contributed by atoms with Gasteiger partial charge in [0.2, 0.25) is 23.6 Å². The van der Waals surface area contributed by atoms with Gasteiger partial charge in [-0.3, -0.25) is 19.2 Å². The van der Waals surface area contributed by atoms with Gasteiger partial charge in [-0.05, 0) is 139 Å². The van der Waals surface area contributed by atoms with Gasteiger partial charge in [0.05, 0.1) is 0 Å². The fraction of sp³-hybridized carbons (Fsp3) is 0.759. The second-order valence-corrected chi connectivity index (χ2v) is 21.8. The number of hydrogen-bond acceptors (Lipinski definition) is 13. The normalized spacial score (nSPS) is 12.1. The Kier molecular flexibility index (Phi) is 29.1. The Balaban J connectivity index is 7.72. The molecule has 0 rings (SSSR count). The summed E-state index contributed by atoms with van der Waals surface area (Å²) in [5.41, 5.74) is -5.84. The van der Waals surface area contributed by atoms with Crippen LogP contribution in [0, 0.1) is 5.41 Å². The predicted octanol–water partition coefficient (Wildman–Crippen LogP) is 7.12. The predicted molar refractivity (Wildman–Crippen MR) is 270 cm³/mol. The van der Waals surface area contributed by atoms with Crippen LogP contribution in [0.3, 0.4) is 0 Å². The lowest BCUT2D eigenvalue weighted by atomic mass is 9.79. The zero-order chi connectivity index (χ0) is 54.8. The average molecular weight is 1000 g/mol. The van der Waals surface area contributed by atoms with Crippen LogP contribution in [0.4, 0.5) is 0 Å². The van der Waals surface area contributed by atoms with Crippen molar-refractivity contribution in [3.05, 3.63) is 0 Å². The molecule has 0 aliphatic heterocycles. The molecule has 0 unspecified atom stereocenters. The molecule has 0 bridgehead atoms. The highest BCUT2D eigenvalue weighted by Gasteiger charge is 2.41. The number of amides is 4. The molecule has 0 aromatic carbocycles. The summed E-state index contributed by atoms with van der Waals surface area (Å²) < 4.78 is 0. The maximum Gasteiger partial charge on any atom is 0.225 e. The Labute approximate surface area is 422 Å². The smallest absolute Gasteiger partial charge is 0.225 e. The number of carbonyl (C=O) groups excluding carboxylic acids is 13. The van der Waals surface area contributed by atoms with E-state index < -0.39 is 51.2 Å². The van der Waals surface area contributed by atoms with Crippen LogP contribution in [0.2, 0.25) is 0 Å². The minimum absolute atomic E-state index is 0.0609. The van der Waals surface area contributed by atoms with E-state index in [-0.39, 0.29) is 206 Å². The van der Waals surface area contributed by atoms with Crippen LogP contribution in [-0.2, 0) is 62.3 Å². The van der Waals surface area contributed by atoms with Crippen molar-refractivity contribution in [2.75, 3.05) is 0 Å². The molecule has 0 aromatic rings. The van der Waals surface area contributed by atoms with Gasteiger partial charge in [-0.2, -0.15) is 0 Å². The lowest BCUT2D eigenvalue weighted by molar-refractivity contribution is -0.133. The van der Waals surface area contributed by atoms with Gasteiger partial charge in [-0.25, -0.2) is 0 Å². The van der Waals surface area contributed by atoms with E-state index in [1.807, 2.05) is 0 Å². The summed E-state index contributed by atoms with van der Waals surface area (Å²) in [7, 11) is 0. The van der Waals surface area contributed by atoms with Gasteiger partial charge in [0, 0.05) is 105 Å². The Morgan fingerprint density at radius 3 is 0.521 bits per heavy atom. The van der Waals surface area contributed by atoms with E-state index in [1.165, 1.54) is 62.3 Å². The van der Waals surface area contributed by atoms with E-state index in [9.17, 15) is 62.3 Å². The fourth-order valence-corrected chi connectivity index (χ4v) is 8.55. The summed E-state index contributed by atoms with van der Waals surface area (Å²) in [6.45, 7) is 17.7. The summed E-state index contributed by atoms with van der Waals surface area (Å²) >= 11 is 0. The highest BCUT2D eigenvalue weighted by Crippen LogP contribution is 2.33. The van der Waals surface area contributed by atoms with Gasteiger partial charge in [0.25, 0.3) is 0 Å². The molecule has 0 spiro atoms.